The zero-order chi connectivity index (χ0) is 21.5. The van der Waals surface area contributed by atoms with Crippen molar-refractivity contribution in [2.75, 3.05) is 26.2 Å². The van der Waals surface area contributed by atoms with Gasteiger partial charge in [0, 0.05) is 60.6 Å². The number of aromatic amines is 1. The summed E-state index contributed by atoms with van der Waals surface area (Å²) in [6.07, 6.45) is 1.08. The molecule has 1 unspecified atom stereocenters. The van der Waals surface area contributed by atoms with Crippen LogP contribution < -0.4 is 10.6 Å². The van der Waals surface area contributed by atoms with Gasteiger partial charge in [0.1, 0.15) is 5.65 Å². The Bertz CT molecular complexity index is 1030. The molecule has 4 N–H and O–H groups in total. The number of likely N-dealkylation sites (tertiary alicyclic amines) is 1. The van der Waals surface area contributed by atoms with Crippen molar-refractivity contribution in [3.05, 3.63) is 41.4 Å². The van der Waals surface area contributed by atoms with Gasteiger partial charge in [0.15, 0.2) is 0 Å². The molecule has 2 aliphatic rings. The molecule has 7 nitrogen and oxygen atoms in total. The number of alkyl halides is 3. The minimum atomic E-state index is -4.50. The number of aromatic nitrogens is 2. The molecule has 4 rings (SSSR count). The molecule has 160 valence electrons. The number of hydrogen-bond acceptors (Lipinski definition) is 4. The normalized spacial score (nSPS) is 22.8. The third kappa shape index (κ3) is 3.50. The molecule has 4 heterocycles. The molecule has 0 aliphatic carbocycles. The third-order valence-corrected chi connectivity index (χ3v) is 5.90. The molecule has 0 aromatic carbocycles. The van der Waals surface area contributed by atoms with E-state index in [9.17, 15) is 18.0 Å². The number of urea groups is 1. The summed E-state index contributed by atoms with van der Waals surface area (Å²) in [6.45, 7) is 4.34. The molecular formula is C20H23F3N6O. The monoisotopic (exact) mass is 420 g/mol. The van der Waals surface area contributed by atoms with E-state index >= 15 is 0 Å². The summed E-state index contributed by atoms with van der Waals surface area (Å²) in [6, 6.07) is 1.25. The molecule has 30 heavy (non-hydrogen) atoms. The minimum absolute atomic E-state index is 0.0551. The highest BCUT2D eigenvalue weighted by atomic mass is 19.4. The number of carbonyl (C=O) groups is 1. The summed E-state index contributed by atoms with van der Waals surface area (Å²) in [5.41, 5.74) is 0.331. The van der Waals surface area contributed by atoms with Gasteiger partial charge < -0.3 is 25.9 Å². The van der Waals surface area contributed by atoms with E-state index in [1.165, 1.54) is 12.3 Å². The van der Waals surface area contributed by atoms with E-state index in [-0.39, 0.29) is 28.2 Å². The van der Waals surface area contributed by atoms with Gasteiger partial charge in [0.25, 0.3) is 0 Å². The highest BCUT2D eigenvalue weighted by molar-refractivity contribution is 6.08. The number of rotatable bonds is 3. The molecule has 2 aromatic heterocycles. The highest BCUT2D eigenvalue weighted by Gasteiger charge is 2.45. The van der Waals surface area contributed by atoms with Crippen LogP contribution in [0.2, 0.25) is 0 Å². The fourth-order valence-corrected chi connectivity index (χ4v) is 4.31. The number of pyridine rings is 1. The Balaban J connectivity index is 1.60. The van der Waals surface area contributed by atoms with E-state index < -0.39 is 11.7 Å². The van der Waals surface area contributed by atoms with E-state index in [4.69, 9.17) is 5.41 Å². The van der Waals surface area contributed by atoms with Gasteiger partial charge in [0.05, 0.1) is 11.3 Å². The predicted octanol–water partition coefficient (Wildman–Crippen LogP) is 3.25. The van der Waals surface area contributed by atoms with Crippen LogP contribution in [0.4, 0.5) is 18.0 Å². The topological polar surface area (TPSA) is 96.9 Å². The van der Waals surface area contributed by atoms with E-state index in [0.717, 1.165) is 31.3 Å². The van der Waals surface area contributed by atoms with Crippen molar-refractivity contribution >= 4 is 22.8 Å². The molecule has 0 radical (unpaired) electrons. The standard InChI is InChI=1S/C20H23F3N6O/c1-2-25-18(30)29-6-4-19(11-29)3-5-26-16(19)8-15(24)12-7-13-14(20(21,22)23)10-28-17(13)27-9-12/h7-10,24,26H,2-6,11H2,1H3,(H,25,30)(H,27,28)/b16-8-,24-15?. The fraction of sp³-hybridized carbons (Fsp3) is 0.450. The Morgan fingerprint density at radius 1 is 1.43 bits per heavy atom. The van der Waals surface area contributed by atoms with Crippen LogP contribution in [-0.4, -0.2) is 52.8 Å². The molecule has 1 spiro atoms. The number of carbonyl (C=O) groups excluding carboxylic acids is 1. The van der Waals surface area contributed by atoms with E-state index in [1.54, 1.807) is 11.0 Å². The lowest BCUT2D eigenvalue weighted by atomic mass is 9.82. The lowest BCUT2D eigenvalue weighted by Crippen LogP contribution is -2.39. The zero-order valence-corrected chi connectivity index (χ0v) is 16.5. The zero-order valence-electron chi connectivity index (χ0n) is 16.5. The van der Waals surface area contributed by atoms with Gasteiger partial charge in [-0.25, -0.2) is 9.78 Å². The van der Waals surface area contributed by atoms with Gasteiger partial charge in [-0.1, -0.05) is 0 Å². The number of halogens is 3. The van der Waals surface area contributed by atoms with Gasteiger partial charge >= 0.3 is 12.2 Å². The molecule has 2 aromatic rings. The number of allylic oxidation sites excluding steroid dienone is 1. The minimum Gasteiger partial charge on any atom is -0.388 e. The molecule has 10 heteroatoms. The first-order valence-corrected chi connectivity index (χ1v) is 9.85. The predicted molar refractivity (Wildman–Crippen MR) is 106 cm³/mol. The largest absolute Gasteiger partial charge is 0.418 e. The average Bonchev–Trinajstić information content (AvgIpc) is 3.41. The average molecular weight is 420 g/mol. The van der Waals surface area contributed by atoms with Crippen molar-refractivity contribution in [3.8, 4) is 0 Å². The Morgan fingerprint density at radius 3 is 2.97 bits per heavy atom. The summed E-state index contributed by atoms with van der Waals surface area (Å²) >= 11 is 0. The quantitative estimate of drug-likeness (QED) is 0.574. The van der Waals surface area contributed by atoms with Crippen LogP contribution in [0.15, 0.2) is 30.2 Å². The van der Waals surface area contributed by atoms with Crippen molar-refractivity contribution in [3.63, 3.8) is 0 Å². The van der Waals surface area contributed by atoms with Gasteiger partial charge in [0.2, 0.25) is 0 Å². The molecule has 0 saturated carbocycles. The van der Waals surface area contributed by atoms with Crippen molar-refractivity contribution in [1.29, 1.82) is 5.41 Å². The van der Waals surface area contributed by atoms with Gasteiger partial charge in [-0.3, -0.25) is 0 Å². The second-order valence-corrected chi connectivity index (χ2v) is 7.76. The van der Waals surface area contributed by atoms with Crippen molar-refractivity contribution in [1.82, 2.24) is 25.5 Å². The SMILES string of the molecule is CCNC(=O)N1CCC2(CCN/C2=C\C(=N)c2cnc3[nH]cc(C(F)(F)F)c3c2)C1. The summed E-state index contributed by atoms with van der Waals surface area (Å²) in [5, 5.41) is 14.5. The number of H-pyrrole nitrogens is 1. The fourth-order valence-electron chi connectivity index (χ4n) is 4.31. The van der Waals surface area contributed by atoms with E-state index in [1.807, 2.05) is 6.92 Å². The second kappa shape index (κ2) is 7.33. The first-order chi connectivity index (χ1) is 14.2. The van der Waals surface area contributed by atoms with Crippen LogP contribution in [0.3, 0.4) is 0 Å². The van der Waals surface area contributed by atoms with Crippen LogP contribution in [0.1, 0.15) is 30.9 Å². The first-order valence-electron chi connectivity index (χ1n) is 9.85. The molecular weight excluding hydrogens is 397 g/mol. The molecule has 2 amide bonds. The maximum atomic E-state index is 13.2. The lowest BCUT2D eigenvalue weighted by Gasteiger charge is -2.25. The molecule has 2 fully saturated rings. The summed E-state index contributed by atoms with van der Waals surface area (Å²) in [4.78, 5) is 20.5. The maximum Gasteiger partial charge on any atom is 0.418 e. The number of nitrogens with one attached hydrogen (secondary N) is 4. The third-order valence-electron chi connectivity index (χ3n) is 5.90. The second-order valence-electron chi connectivity index (χ2n) is 7.76. The molecule has 2 aliphatic heterocycles. The Labute approximate surface area is 171 Å². The summed E-state index contributed by atoms with van der Waals surface area (Å²) in [7, 11) is 0. The Hall–Kier alpha value is -3.04. The van der Waals surface area contributed by atoms with Gasteiger partial charge in [-0.2, -0.15) is 13.2 Å². The smallest absolute Gasteiger partial charge is 0.388 e. The highest BCUT2D eigenvalue weighted by Crippen LogP contribution is 2.43. The lowest BCUT2D eigenvalue weighted by molar-refractivity contribution is -0.136. The molecule has 1 atom stereocenters. The number of amides is 2. The van der Waals surface area contributed by atoms with Crippen LogP contribution >= 0.6 is 0 Å². The summed E-state index contributed by atoms with van der Waals surface area (Å²) in [5.74, 6) is 0. The maximum absolute atomic E-state index is 13.2. The van der Waals surface area contributed by atoms with Crippen molar-refractivity contribution in [2.24, 2.45) is 5.41 Å². The van der Waals surface area contributed by atoms with Crippen LogP contribution in [0.25, 0.3) is 11.0 Å². The van der Waals surface area contributed by atoms with Crippen LogP contribution in [-0.2, 0) is 6.18 Å². The van der Waals surface area contributed by atoms with Crippen molar-refractivity contribution < 1.29 is 18.0 Å². The molecule has 2 saturated heterocycles. The van der Waals surface area contributed by atoms with Crippen LogP contribution in [0.5, 0.6) is 0 Å². The van der Waals surface area contributed by atoms with Crippen LogP contribution in [0, 0.1) is 10.8 Å². The first kappa shape index (κ1) is 20.2. The van der Waals surface area contributed by atoms with Crippen molar-refractivity contribution in [2.45, 2.75) is 25.9 Å². The summed E-state index contributed by atoms with van der Waals surface area (Å²) < 4.78 is 39.6. The number of nitrogens with zero attached hydrogens (tertiary/aromatic N) is 2. The van der Waals surface area contributed by atoms with Gasteiger partial charge in [-0.15, -0.1) is 0 Å². The van der Waals surface area contributed by atoms with Gasteiger partial charge in [-0.05, 0) is 31.9 Å². The Kier molecular flexibility index (Phi) is 4.95. The number of fused-ring (bicyclic) bond motifs is 1. The van der Waals surface area contributed by atoms with E-state index in [0.29, 0.717) is 25.2 Å². The van der Waals surface area contributed by atoms with E-state index in [2.05, 4.69) is 20.6 Å². The molecule has 0 bridgehead atoms. The number of hydrogen-bond donors (Lipinski definition) is 4. The Morgan fingerprint density at radius 2 is 2.23 bits per heavy atom.